The summed E-state index contributed by atoms with van der Waals surface area (Å²) < 4.78 is 23.9. The smallest absolute Gasteiger partial charge is 0.179 e. The number of nitriles is 1. The van der Waals surface area contributed by atoms with Gasteiger partial charge in [0.15, 0.2) is 9.84 Å². The summed E-state index contributed by atoms with van der Waals surface area (Å²) in [4.78, 5) is 0.271. The Morgan fingerprint density at radius 3 is 2.39 bits per heavy atom. The molecule has 98 valence electrons. The van der Waals surface area contributed by atoms with Crippen LogP contribution in [0.5, 0.6) is 0 Å². The molecule has 0 bridgehead atoms. The first-order valence-corrected chi connectivity index (χ1v) is 7.54. The lowest BCUT2D eigenvalue weighted by molar-refractivity contribution is 0.557. The summed E-state index contributed by atoms with van der Waals surface area (Å²) in [6.45, 7) is 5.40. The SMILES string of the molecule is CC(C)CNCCS(=O)(=O)c1ccc(C#N)cc1. The Labute approximate surface area is 109 Å². The topological polar surface area (TPSA) is 70.0 Å². The standard InChI is InChI=1S/C13H18N2O2S/c1-11(2)10-15-7-8-18(16,17)13-5-3-12(9-14)4-6-13/h3-6,11,15H,7-8,10H2,1-2H3. The molecule has 0 heterocycles. The van der Waals surface area contributed by atoms with Gasteiger partial charge < -0.3 is 5.32 Å². The van der Waals surface area contributed by atoms with Crippen molar-refractivity contribution in [1.82, 2.24) is 5.32 Å². The molecule has 5 heteroatoms. The molecule has 0 aromatic heterocycles. The zero-order valence-electron chi connectivity index (χ0n) is 10.7. The molecule has 0 saturated carbocycles. The number of nitrogens with zero attached hydrogens (tertiary/aromatic N) is 1. The maximum atomic E-state index is 12.0. The largest absolute Gasteiger partial charge is 0.315 e. The van der Waals surface area contributed by atoms with E-state index in [4.69, 9.17) is 5.26 Å². The first-order valence-electron chi connectivity index (χ1n) is 5.89. The summed E-state index contributed by atoms with van der Waals surface area (Å²) >= 11 is 0. The second kappa shape index (κ2) is 6.53. The van der Waals surface area contributed by atoms with Crippen molar-refractivity contribution in [3.8, 4) is 6.07 Å². The quantitative estimate of drug-likeness (QED) is 0.794. The van der Waals surface area contributed by atoms with E-state index in [1.54, 1.807) is 0 Å². The highest BCUT2D eigenvalue weighted by Gasteiger charge is 2.13. The van der Waals surface area contributed by atoms with E-state index in [1.807, 2.05) is 6.07 Å². The van der Waals surface area contributed by atoms with E-state index in [2.05, 4.69) is 19.2 Å². The highest BCUT2D eigenvalue weighted by atomic mass is 32.2. The zero-order valence-corrected chi connectivity index (χ0v) is 11.5. The minimum atomic E-state index is -3.26. The van der Waals surface area contributed by atoms with Gasteiger partial charge in [0.25, 0.3) is 0 Å². The summed E-state index contributed by atoms with van der Waals surface area (Å²) in [7, 11) is -3.26. The third-order valence-electron chi connectivity index (χ3n) is 2.44. The van der Waals surface area contributed by atoms with Crippen LogP contribution >= 0.6 is 0 Å². The molecule has 0 amide bonds. The van der Waals surface area contributed by atoms with Crippen LogP contribution in [-0.2, 0) is 9.84 Å². The predicted octanol–water partition coefficient (Wildman–Crippen LogP) is 1.58. The summed E-state index contributed by atoms with van der Waals surface area (Å²) in [6, 6.07) is 7.97. The third-order valence-corrected chi connectivity index (χ3v) is 4.17. The van der Waals surface area contributed by atoms with Crippen LogP contribution in [0.1, 0.15) is 19.4 Å². The van der Waals surface area contributed by atoms with Crippen molar-refractivity contribution in [2.45, 2.75) is 18.7 Å². The normalized spacial score (nSPS) is 11.4. The van der Waals surface area contributed by atoms with E-state index in [9.17, 15) is 8.42 Å². The van der Waals surface area contributed by atoms with Gasteiger partial charge in [-0.3, -0.25) is 0 Å². The maximum absolute atomic E-state index is 12.0. The van der Waals surface area contributed by atoms with Crippen molar-refractivity contribution < 1.29 is 8.42 Å². The Hall–Kier alpha value is -1.38. The van der Waals surface area contributed by atoms with Gasteiger partial charge in [0, 0.05) is 6.54 Å². The molecule has 1 aromatic carbocycles. The molecule has 0 spiro atoms. The summed E-state index contributed by atoms with van der Waals surface area (Å²) in [5, 5.41) is 11.7. The zero-order chi connectivity index (χ0) is 13.6. The minimum Gasteiger partial charge on any atom is -0.315 e. The molecule has 1 N–H and O–H groups in total. The number of benzene rings is 1. The first kappa shape index (κ1) is 14.7. The second-order valence-corrected chi connectivity index (χ2v) is 6.66. The molecule has 4 nitrogen and oxygen atoms in total. The fourth-order valence-corrected chi connectivity index (χ4v) is 2.65. The van der Waals surface area contributed by atoms with Gasteiger partial charge in [-0.1, -0.05) is 13.8 Å². The summed E-state index contributed by atoms with van der Waals surface area (Å²) in [5.41, 5.74) is 0.465. The van der Waals surface area contributed by atoms with Crippen molar-refractivity contribution in [3.63, 3.8) is 0 Å². The van der Waals surface area contributed by atoms with E-state index in [0.29, 0.717) is 18.0 Å². The fourth-order valence-electron chi connectivity index (χ4n) is 1.45. The van der Waals surface area contributed by atoms with E-state index >= 15 is 0 Å². The van der Waals surface area contributed by atoms with Crippen LogP contribution in [0.25, 0.3) is 0 Å². The molecule has 0 aliphatic rings. The van der Waals surface area contributed by atoms with Crippen LogP contribution in [0.15, 0.2) is 29.2 Å². The van der Waals surface area contributed by atoms with Crippen molar-refractivity contribution in [3.05, 3.63) is 29.8 Å². The Balaban J connectivity index is 2.60. The average molecular weight is 266 g/mol. The maximum Gasteiger partial charge on any atom is 0.179 e. The Bertz CT molecular complexity index is 513. The van der Waals surface area contributed by atoms with Crippen LogP contribution in [0.3, 0.4) is 0 Å². The van der Waals surface area contributed by atoms with Gasteiger partial charge in [-0.15, -0.1) is 0 Å². The number of hydrogen-bond donors (Lipinski definition) is 1. The Morgan fingerprint density at radius 2 is 1.89 bits per heavy atom. The van der Waals surface area contributed by atoms with E-state index in [-0.39, 0.29) is 10.6 Å². The molecule has 0 unspecified atom stereocenters. The molecule has 0 fully saturated rings. The Kier molecular flexibility index (Phi) is 5.32. The van der Waals surface area contributed by atoms with Crippen molar-refractivity contribution in [2.75, 3.05) is 18.8 Å². The average Bonchev–Trinajstić information content (AvgIpc) is 2.34. The van der Waals surface area contributed by atoms with Crippen LogP contribution < -0.4 is 5.32 Å². The molecule has 1 rings (SSSR count). The number of nitrogens with one attached hydrogen (secondary N) is 1. The molecule has 0 saturated heterocycles. The van der Waals surface area contributed by atoms with Crippen molar-refractivity contribution in [1.29, 1.82) is 5.26 Å². The van der Waals surface area contributed by atoms with Gasteiger partial charge in [0.05, 0.1) is 22.3 Å². The fraction of sp³-hybridized carbons (Fsp3) is 0.462. The van der Waals surface area contributed by atoms with E-state index < -0.39 is 9.84 Å². The van der Waals surface area contributed by atoms with Gasteiger partial charge in [-0.25, -0.2) is 8.42 Å². The van der Waals surface area contributed by atoms with Crippen LogP contribution in [-0.4, -0.2) is 27.3 Å². The highest BCUT2D eigenvalue weighted by molar-refractivity contribution is 7.91. The van der Waals surface area contributed by atoms with E-state index in [1.165, 1.54) is 24.3 Å². The van der Waals surface area contributed by atoms with Crippen LogP contribution in [0, 0.1) is 17.2 Å². The van der Waals surface area contributed by atoms with Crippen molar-refractivity contribution >= 4 is 9.84 Å². The lowest BCUT2D eigenvalue weighted by Crippen LogP contribution is -2.26. The molecule has 0 aliphatic heterocycles. The van der Waals surface area contributed by atoms with Crippen molar-refractivity contribution in [2.24, 2.45) is 5.92 Å². The van der Waals surface area contributed by atoms with Gasteiger partial charge >= 0.3 is 0 Å². The summed E-state index contributed by atoms with van der Waals surface area (Å²) in [6.07, 6.45) is 0. The van der Waals surface area contributed by atoms with Gasteiger partial charge in [0.1, 0.15) is 0 Å². The minimum absolute atomic E-state index is 0.0750. The van der Waals surface area contributed by atoms with Crippen LogP contribution in [0.4, 0.5) is 0 Å². The first-order chi connectivity index (χ1) is 8.45. The Morgan fingerprint density at radius 1 is 1.28 bits per heavy atom. The second-order valence-electron chi connectivity index (χ2n) is 4.55. The molecule has 0 aliphatic carbocycles. The lowest BCUT2D eigenvalue weighted by Gasteiger charge is -2.08. The molecule has 1 aromatic rings. The molecule has 18 heavy (non-hydrogen) atoms. The molecule has 0 radical (unpaired) electrons. The molecular formula is C13H18N2O2S. The predicted molar refractivity (Wildman–Crippen MR) is 70.9 cm³/mol. The number of hydrogen-bond acceptors (Lipinski definition) is 4. The monoisotopic (exact) mass is 266 g/mol. The molecular weight excluding hydrogens is 248 g/mol. The van der Waals surface area contributed by atoms with Crippen LogP contribution in [0.2, 0.25) is 0 Å². The molecule has 0 atom stereocenters. The lowest BCUT2D eigenvalue weighted by atomic mass is 10.2. The number of rotatable bonds is 6. The van der Waals surface area contributed by atoms with E-state index in [0.717, 1.165) is 6.54 Å². The third kappa shape index (κ3) is 4.47. The highest BCUT2D eigenvalue weighted by Crippen LogP contribution is 2.11. The van der Waals surface area contributed by atoms with Gasteiger partial charge in [0.2, 0.25) is 0 Å². The van der Waals surface area contributed by atoms with Gasteiger partial charge in [-0.05, 0) is 36.7 Å². The van der Waals surface area contributed by atoms with Gasteiger partial charge in [-0.2, -0.15) is 5.26 Å². The summed E-state index contributed by atoms with van der Waals surface area (Å²) in [5.74, 6) is 0.577. The number of sulfone groups is 1.